The lowest BCUT2D eigenvalue weighted by Gasteiger charge is -2.21. The smallest absolute Gasteiger partial charge is 0.276 e. The number of aromatic nitrogens is 1. The van der Waals surface area contributed by atoms with Gasteiger partial charge >= 0.3 is 0 Å². The summed E-state index contributed by atoms with van der Waals surface area (Å²) >= 11 is 0. The summed E-state index contributed by atoms with van der Waals surface area (Å²) in [5, 5.41) is 22.8. The Bertz CT molecular complexity index is 411. The Balaban J connectivity index is 3.12. The van der Waals surface area contributed by atoms with Gasteiger partial charge in [0.15, 0.2) is 0 Å². The molecule has 0 aliphatic carbocycles. The topological polar surface area (TPSA) is 91.5 Å². The maximum atomic E-state index is 10.9. The molecule has 7 heteroatoms. The van der Waals surface area contributed by atoms with Gasteiger partial charge in [0.2, 0.25) is 0 Å². The molecule has 0 saturated heterocycles. The molecule has 2 N–H and O–H groups in total. The Labute approximate surface area is 106 Å². The summed E-state index contributed by atoms with van der Waals surface area (Å²) in [4.78, 5) is 16.5. The number of hydrogen-bond acceptors (Lipinski definition) is 6. The van der Waals surface area contributed by atoms with Crippen molar-refractivity contribution < 1.29 is 10.0 Å². The zero-order valence-corrected chi connectivity index (χ0v) is 10.6. The molecule has 1 rings (SSSR count). The Kier molecular flexibility index (Phi) is 5.31. The number of pyridine rings is 1. The molecule has 0 amide bonds. The van der Waals surface area contributed by atoms with Gasteiger partial charge in [-0.2, -0.15) is 0 Å². The number of nitrogens with zero attached hydrogens (tertiary/aromatic N) is 3. The highest BCUT2D eigenvalue weighted by Crippen LogP contribution is 2.23. The van der Waals surface area contributed by atoms with Gasteiger partial charge in [0.25, 0.3) is 5.69 Å². The van der Waals surface area contributed by atoms with Crippen LogP contribution in [0.4, 0.5) is 17.3 Å². The van der Waals surface area contributed by atoms with Crippen molar-refractivity contribution in [3.8, 4) is 0 Å². The van der Waals surface area contributed by atoms with Crippen LogP contribution in [0, 0.1) is 10.1 Å². The summed E-state index contributed by atoms with van der Waals surface area (Å²) in [7, 11) is 0. The van der Waals surface area contributed by atoms with E-state index in [2.05, 4.69) is 10.3 Å². The van der Waals surface area contributed by atoms with Crippen molar-refractivity contribution in [3.63, 3.8) is 0 Å². The molecule has 0 aromatic carbocycles. The first-order valence-corrected chi connectivity index (χ1v) is 5.88. The van der Waals surface area contributed by atoms with E-state index in [1.54, 1.807) is 4.90 Å². The van der Waals surface area contributed by atoms with Crippen molar-refractivity contribution in [2.75, 3.05) is 36.5 Å². The van der Waals surface area contributed by atoms with Crippen LogP contribution in [0.25, 0.3) is 0 Å². The number of aliphatic hydroxyl groups is 1. The number of hydrogen-bond donors (Lipinski definition) is 2. The fourth-order valence-corrected chi connectivity index (χ4v) is 1.60. The molecule has 0 saturated carbocycles. The van der Waals surface area contributed by atoms with Crippen LogP contribution in [-0.4, -0.2) is 41.3 Å². The monoisotopic (exact) mass is 254 g/mol. The van der Waals surface area contributed by atoms with Gasteiger partial charge in [-0.3, -0.25) is 10.1 Å². The van der Waals surface area contributed by atoms with Gasteiger partial charge in [-0.1, -0.05) is 0 Å². The van der Waals surface area contributed by atoms with E-state index in [0.29, 0.717) is 31.3 Å². The number of aliphatic hydroxyl groups excluding tert-OH is 1. The van der Waals surface area contributed by atoms with E-state index in [1.165, 1.54) is 12.1 Å². The lowest BCUT2D eigenvalue weighted by Crippen LogP contribution is -2.27. The minimum Gasteiger partial charge on any atom is -0.395 e. The fraction of sp³-hybridized carbons (Fsp3) is 0.545. The van der Waals surface area contributed by atoms with Crippen molar-refractivity contribution in [2.24, 2.45) is 0 Å². The molecule has 0 aliphatic rings. The number of rotatable bonds is 7. The molecule has 1 heterocycles. The molecule has 1 aromatic heterocycles. The first-order chi connectivity index (χ1) is 8.62. The van der Waals surface area contributed by atoms with Gasteiger partial charge < -0.3 is 15.3 Å². The molecule has 0 unspecified atom stereocenters. The molecule has 7 nitrogen and oxygen atoms in total. The van der Waals surface area contributed by atoms with Crippen molar-refractivity contribution in [1.82, 2.24) is 4.98 Å². The SMILES string of the molecule is CCNc1cc([N+](=O)[O-])cc(N(CC)CCO)n1. The third kappa shape index (κ3) is 3.56. The van der Waals surface area contributed by atoms with E-state index in [4.69, 9.17) is 5.11 Å². The van der Waals surface area contributed by atoms with Gasteiger partial charge in [-0.25, -0.2) is 4.98 Å². The maximum Gasteiger partial charge on any atom is 0.276 e. The van der Waals surface area contributed by atoms with Crippen LogP contribution in [0.2, 0.25) is 0 Å². The third-order valence-corrected chi connectivity index (χ3v) is 2.44. The van der Waals surface area contributed by atoms with E-state index in [-0.39, 0.29) is 12.3 Å². The average Bonchev–Trinajstić information content (AvgIpc) is 2.35. The van der Waals surface area contributed by atoms with Crippen molar-refractivity contribution in [1.29, 1.82) is 0 Å². The number of anilines is 2. The summed E-state index contributed by atoms with van der Waals surface area (Å²) in [6.45, 7) is 5.44. The second-order valence-corrected chi connectivity index (χ2v) is 3.66. The van der Waals surface area contributed by atoms with Crippen LogP contribution in [0.1, 0.15) is 13.8 Å². The highest BCUT2D eigenvalue weighted by molar-refractivity contribution is 5.55. The van der Waals surface area contributed by atoms with Crippen LogP contribution >= 0.6 is 0 Å². The predicted octanol–water partition coefficient (Wildman–Crippen LogP) is 1.24. The molecule has 100 valence electrons. The highest BCUT2D eigenvalue weighted by Gasteiger charge is 2.14. The van der Waals surface area contributed by atoms with Crippen molar-refractivity contribution in [2.45, 2.75) is 13.8 Å². The van der Waals surface area contributed by atoms with E-state index < -0.39 is 4.92 Å². The van der Waals surface area contributed by atoms with Crippen molar-refractivity contribution in [3.05, 3.63) is 22.2 Å². The zero-order valence-electron chi connectivity index (χ0n) is 10.6. The largest absolute Gasteiger partial charge is 0.395 e. The van der Waals surface area contributed by atoms with Crippen LogP contribution in [-0.2, 0) is 0 Å². The highest BCUT2D eigenvalue weighted by atomic mass is 16.6. The van der Waals surface area contributed by atoms with Gasteiger partial charge in [0.05, 0.1) is 23.7 Å². The second-order valence-electron chi connectivity index (χ2n) is 3.66. The van der Waals surface area contributed by atoms with Gasteiger partial charge in [0, 0.05) is 19.6 Å². The Morgan fingerprint density at radius 2 is 2.22 bits per heavy atom. The minimum atomic E-state index is -0.446. The molecular formula is C11H18N4O3. The van der Waals surface area contributed by atoms with Crippen LogP contribution < -0.4 is 10.2 Å². The van der Waals surface area contributed by atoms with Crippen molar-refractivity contribution >= 4 is 17.3 Å². The standard InChI is InChI=1S/C11H18N4O3/c1-3-12-10-7-9(15(17)18)8-11(13-10)14(4-2)5-6-16/h7-8,16H,3-6H2,1-2H3,(H,12,13). The molecule has 18 heavy (non-hydrogen) atoms. The molecule has 0 spiro atoms. The summed E-state index contributed by atoms with van der Waals surface area (Å²) < 4.78 is 0. The molecule has 0 aliphatic heterocycles. The number of nitro groups is 1. The molecule has 0 bridgehead atoms. The minimum absolute atomic E-state index is 0.00709. The zero-order chi connectivity index (χ0) is 13.5. The van der Waals surface area contributed by atoms with Crippen LogP contribution in [0.5, 0.6) is 0 Å². The Morgan fingerprint density at radius 3 is 2.72 bits per heavy atom. The molecule has 0 radical (unpaired) electrons. The summed E-state index contributed by atoms with van der Waals surface area (Å²) in [6.07, 6.45) is 0. The quantitative estimate of drug-likeness (QED) is 0.562. The molecule has 1 aromatic rings. The average molecular weight is 254 g/mol. The Hall–Kier alpha value is -1.89. The summed E-state index contributed by atoms with van der Waals surface area (Å²) in [5.41, 5.74) is -0.00709. The second kappa shape index (κ2) is 6.75. The predicted molar refractivity (Wildman–Crippen MR) is 70.0 cm³/mol. The lowest BCUT2D eigenvalue weighted by molar-refractivity contribution is -0.384. The fourth-order valence-electron chi connectivity index (χ4n) is 1.60. The van der Waals surface area contributed by atoms with Crippen LogP contribution in [0.15, 0.2) is 12.1 Å². The summed E-state index contributed by atoms with van der Waals surface area (Å²) in [6, 6.07) is 2.82. The van der Waals surface area contributed by atoms with Gasteiger partial charge in [-0.05, 0) is 13.8 Å². The third-order valence-electron chi connectivity index (χ3n) is 2.44. The summed E-state index contributed by atoms with van der Waals surface area (Å²) in [5.74, 6) is 0.967. The first kappa shape index (κ1) is 14.2. The Morgan fingerprint density at radius 1 is 1.50 bits per heavy atom. The van der Waals surface area contributed by atoms with Gasteiger partial charge in [-0.15, -0.1) is 0 Å². The van der Waals surface area contributed by atoms with E-state index in [9.17, 15) is 10.1 Å². The molecular weight excluding hydrogens is 236 g/mol. The number of nitrogens with one attached hydrogen (secondary N) is 1. The van der Waals surface area contributed by atoms with E-state index in [1.807, 2.05) is 13.8 Å². The molecule has 0 atom stereocenters. The maximum absolute atomic E-state index is 10.9. The van der Waals surface area contributed by atoms with E-state index >= 15 is 0 Å². The molecule has 0 fully saturated rings. The normalized spacial score (nSPS) is 10.2. The van der Waals surface area contributed by atoms with E-state index in [0.717, 1.165) is 0 Å². The van der Waals surface area contributed by atoms with Crippen LogP contribution in [0.3, 0.4) is 0 Å². The lowest BCUT2D eigenvalue weighted by atomic mass is 10.3. The van der Waals surface area contributed by atoms with Gasteiger partial charge in [0.1, 0.15) is 11.6 Å². The number of likely N-dealkylation sites (N-methyl/N-ethyl adjacent to an activating group) is 1. The first-order valence-electron chi connectivity index (χ1n) is 5.88.